The lowest BCUT2D eigenvalue weighted by molar-refractivity contribution is -0.141. The summed E-state index contributed by atoms with van der Waals surface area (Å²) in [7, 11) is 0. The molecule has 4 nitrogen and oxygen atoms in total. The molecular formula is C27H29ClF6N2O2. The fourth-order valence-electron chi connectivity index (χ4n) is 7.97. The Morgan fingerprint density at radius 2 is 1.74 bits per heavy atom. The summed E-state index contributed by atoms with van der Waals surface area (Å²) in [6, 6.07) is 1.09. The second-order valence-electron chi connectivity index (χ2n) is 11.8. The topological polar surface area (TPSA) is 58.5 Å². The molecule has 208 valence electrons. The number of carbonyl (C=O) groups excluding carboxylic acids is 2. The molecule has 5 rings (SSSR count). The van der Waals surface area contributed by atoms with Crippen LogP contribution in [0.25, 0.3) is 0 Å². The number of fused-ring (bicyclic) bond motifs is 5. The second-order valence-corrected chi connectivity index (χ2v) is 12.2. The molecule has 1 aromatic rings. The molecule has 1 heterocycles. The highest BCUT2D eigenvalue weighted by Gasteiger charge is 2.61. The number of benzene rings is 1. The van der Waals surface area contributed by atoms with Crippen molar-refractivity contribution >= 4 is 34.7 Å². The lowest BCUT2D eigenvalue weighted by Crippen LogP contribution is -2.57. The van der Waals surface area contributed by atoms with Crippen molar-refractivity contribution in [3.05, 3.63) is 29.3 Å². The minimum absolute atomic E-state index is 0.0209. The Hall–Kier alpha value is -2.10. The molecule has 7 atom stereocenters. The van der Waals surface area contributed by atoms with Crippen LogP contribution in [0.4, 0.5) is 32.0 Å². The highest BCUT2D eigenvalue weighted by Crippen LogP contribution is 2.64. The second kappa shape index (κ2) is 8.96. The number of halogens is 7. The molecule has 4 aliphatic rings. The summed E-state index contributed by atoms with van der Waals surface area (Å²) in [5.74, 6) is -0.910. The summed E-state index contributed by atoms with van der Waals surface area (Å²) < 4.78 is 80.5. The Kier molecular flexibility index (Phi) is 6.48. The quantitative estimate of drug-likeness (QED) is 0.307. The van der Waals surface area contributed by atoms with Gasteiger partial charge in [0.1, 0.15) is 5.38 Å². The summed E-state index contributed by atoms with van der Waals surface area (Å²) in [6.07, 6.45) is -6.22. The van der Waals surface area contributed by atoms with Crippen molar-refractivity contribution in [2.24, 2.45) is 39.5 Å². The van der Waals surface area contributed by atoms with Gasteiger partial charge in [-0.05, 0) is 73.5 Å². The van der Waals surface area contributed by atoms with Crippen LogP contribution in [0.1, 0.15) is 63.5 Å². The van der Waals surface area contributed by atoms with Crippen LogP contribution < -0.4 is 5.32 Å². The minimum Gasteiger partial charge on any atom is -0.325 e. The Bertz CT molecular complexity index is 1200. The third-order valence-electron chi connectivity index (χ3n) is 9.95. The molecule has 38 heavy (non-hydrogen) atoms. The van der Waals surface area contributed by atoms with Crippen molar-refractivity contribution in [3.63, 3.8) is 0 Å². The average Bonchev–Trinajstić information content (AvgIpc) is 3.18. The number of aliphatic imine (C=N–C) groups is 1. The zero-order valence-corrected chi connectivity index (χ0v) is 21.7. The van der Waals surface area contributed by atoms with Crippen LogP contribution >= 0.6 is 11.6 Å². The Balaban J connectivity index is 1.41. The first-order valence-corrected chi connectivity index (χ1v) is 13.3. The number of nitrogens with one attached hydrogen (secondary N) is 1. The van der Waals surface area contributed by atoms with Gasteiger partial charge in [-0.1, -0.05) is 13.8 Å². The average molecular weight is 563 g/mol. The number of ketones is 1. The number of nitrogens with zero attached hydrogens (tertiary/aromatic N) is 1. The summed E-state index contributed by atoms with van der Waals surface area (Å²) in [6.45, 7) is 4.56. The molecule has 0 saturated heterocycles. The smallest absolute Gasteiger partial charge is 0.325 e. The van der Waals surface area contributed by atoms with Gasteiger partial charge in [-0.15, -0.1) is 11.6 Å². The molecule has 0 radical (unpaired) electrons. The van der Waals surface area contributed by atoms with Crippen LogP contribution in [0.3, 0.4) is 0 Å². The fourth-order valence-corrected chi connectivity index (χ4v) is 8.40. The van der Waals surface area contributed by atoms with Gasteiger partial charge in [-0.3, -0.25) is 14.6 Å². The number of carbonyl (C=O) groups is 2. The summed E-state index contributed by atoms with van der Waals surface area (Å²) in [5.41, 5.74) is -3.55. The highest BCUT2D eigenvalue weighted by molar-refractivity contribution is 6.44. The van der Waals surface area contributed by atoms with E-state index in [9.17, 15) is 35.9 Å². The molecule has 1 N–H and O–H groups in total. The molecule has 1 aliphatic heterocycles. The molecule has 0 bridgehead atoms. The predicted molar refractivity (Wildman–Crippen MR) is 130 cm³/mol. The number of alkyl halides is 7. The van der Waals surface area contributed by atoms with Gasteiger partial charge in [-0.2, -0.15) is 26.3 Å². The number of amides is 1. The van der Waals surface area contributed by atoms with Crippen LogP contribution in [0.2, 0.25) is 0 Å². The van der Waals surface area contributed by atoms with E-state index in [1.807, 2.05) is 6.92 Å². The van der Waals surface area contributed by atoms with Crippen LogP contribution in [0, 0.1) is 34.5 Å². The molecule has 4 unspecified atom stereocenters. The zero-order chi connectivity index (χ0) is 27.8. The summed E-state index contributed by atoms with van der Waals surface area (Å²) in [5, 5.41) is 1.50. The monoisotopic (exact) mass is 562 g/mol. The van der Waals surface area contributed by atoms with Crippen molar-refractivity contribution < 1.29 is 35.9 Å². The van der Waals surface area contributed by atoms with E-state index in [0.29, 0.717) is 56.8 Å². The van der Waals surface area contributed by atoms with E-state index in [1.54, 1.807) is 0 Å². The summed E-state index contributed by atoms with van der Waals surface area (Å²) >= 11 is 6.44. The molecule has 11 heteroatoms. The van der Waals surface area contributed by atoms with E-state index in [4.69, 9.17) is 16.6 Å². The third-order valence-corrected chi connectivity index (χ3v) is 10.4. The molecule has 3 aliphatic carbocycles. The van der Waals surface area contributed by atoms with E-state index >= 15 is 0 Å². The largest absolute Gasteiger partial charge is 0.418 e. The van der Waals surface area contributed by atoms with Crippen LogP contribution in [0.15, 0.2) is 23.2 Å². The van der Waals surface area contributed by atoms with E-state index in [2.05, 4.69) is 12.2 Å². The van der Waals surface area contributed by atoms with Gasteiger partial charge >= 0.3 is 12.4 Å². The maximum Gasteiger partial charge on any atom is 0.418 e. The van der Waals surface area contributed by atoms with Crippen molar-refractivity contribution in [1.82, 2.24) is 0 Å². The lowest BCUT2D eigenvalue weighted by Gasteiger charge is -2.57. The number of anilines is 1. The SMILES string of the molecule is C[C@]12CCC(=O)C(Cl)C1=NCC1C2CC[C@@]2(C)C1CC[C@@H]2C(=O)Nc1cc(C(F)(F)F)ccc1C(F)(F)F. The van der Waals surface area contributed by atoms with Crippen LogP contribution in [0.5, 0.6) is 0 Å². The van der Waals surface area contributed by atoms with Gasteiger partial charge in [0, 0.05) is 30.0 Å². The van der Waals surface area contributed by atoms with E-state index in [-0.39, 0.29) is 29.0 Å². The number of Topliss-reactive ketones (excluding diaryl/α,β-unsaturated/α-hetero) is 1. The first-order chi connectivity index (χ1) is 17.6. The predicted octanol–water partition coefficient (Wildman–Crippen LogP) is 7.15. The van der Waals surface area contributed by atoms with Gasteiger partial charge in [0.05, 0.1) is 16.8 Å². The zero-order valence-electron chi connectivity index (χ0n) is 21.0. The summed E-state index contributed by atoms with van der Waals surface area (Å²) in [4.78, 5) is 30.4. The van der Waals surface area contributed by atoms with Crippen molar-refractivity contribution in [1.29, 1.82) is 0 Å². The lowest BCUT2D eigenvalue weighted by atomic mass is 9.49. The van der Waals surface area contributed by atoms with Gasteiger partial charge in [0.15, 0.2) is 5.78 Å². The van der Waals surface area contributed by atoms with E-state index in [1.165, 1.54) is 0 Å². The van der Waals surface area contributed by atoms with Crippen LogP contribution in [-0.4, -0.2) is 29.3 Å². The Morgan fingerprint density at radius 3 is 2.39 bits per heavy atom. The fraction of sp³-hybridized carbons (Fsp3) is 0.667. The van der Waals surface area contributed by atoms with E-state index < -0.39 is 51.8 Å². The normalized spacial score (nSPS) is 37.1. The number of hydrogen-bond acceptors (Lipinski definition) is 3. The highest BCUT2D eigenvalue weighted by atomic mass is 35.5. The molecule has 0 spiro atoms. The first kappa shape index (κ1) is 27.5. The van der Waals surface area contributed by atoms with Crippen LogP contribution in [-0.2, 0) is 21.9 Å². The Morgan fingerprint density at radius 1 is 1.03 bits per heavy atom. The van der Waals surface area contributed by atoms with E-state index in [0.717, 1.165) is 12.1 Å². The Labute approximate surface area is 221 Å². The third kappa shape index (κ3) is 4.25. The van der Waals surface area contributed by atoms with Gasteiger partial charge in [0.25, 0.3) is 0 Å². The molecule has 0 aromatic heterocycles. The van der Waals surface area contributed by atoms with Crippen molar-refractivity contribution in [3.8, 4) is 0 Å². The van der Waals surface area contributed by atoms with Crippen molar-refractivity contribution in [2.75, 3.05) is 11.9 Å². The standard InChI is InChI=1S/C27H29ClF6N2O2/c1-24-9-7-16-14(12-35-22-21(28)20(37)8-10-25(16,22)2)15(24)5-6-18(24)23(38)36-19-11-13(26(29,30)31)3-4-17(19)27(32,33)34/h3-4,11,14-16,18,21H,5-10,12H2,1-2H3,(H,36,38)/t14?,15?,16?,18-,21?,24+,25-/m1/s1. The number of hydrogen-bond donors (Lipinski definition) is 1. The molecular weight excluding hydrogens is 534 g/mol. The molecule has 3 saturated carbocycles. The maximum absolute atomic E-state index is 13.6. The van der Waals surface area contributed by atoms with Gasteiger partial charge in [0.2, 0.25) is 5.91 Å². The number of rotatable bonds is 2. The first-order valence-electron chi connectivity index (χ1n) is 12.9. The molecule has 1 amide bonds. The molecule has 1 aromatic carbocycles. The van der Waals surface area contributed by atoms with Gasteiger partial charge in [-0.25, -0.2) is 0 Å². The maximum atomic E-state index is 13.6. The molecule has 3 fully saturated rings. The minimum atomic E-state index is -4.93. The van der Waals surface area contributed by atoms with Gasteiger partial charge < -0.3 is 5.32 Å². The van der Waals surface area contributed by atoms with Crippen molar-refractivity contribution in [2.45, 2.75) is 70.1 Å².